The highest BCUT2D eigenvalue weighted by atomic mass is 79.9. The maximum Gasteiger partial charge on any atom is 0.320 e. The van der Waals surface area contributed by atoms with Crippen LogP contribution >= 0.6 is 27.3 Å². The minimum Gasteiger partial charge on any atom is -0.480 e. The first kappa shape index (κ1) is 16.1. The van der Waals surface area contributed by atoms with Gasteiger partial charge in [-0.1, -0.05) is 41.4 Å². The number of carbonyl (C=O) groups is 1. The lowest BCUT2D eigenvalue weighted by Crippen LogP contribution is -2.39. The molecule has 0 aliphatic carbocycles. The number of carboxylic acid groups (broad SMARTS) is 1. The summed E-state index contributed by atoms with van der Waals surface area (Å²) in [4.78, 5) is 15.7. The van der Waals surface area contributed by atoms with Gasteiger partial charge in [-0.25, -0.2) is 4.98 Å². The average molecular weight is 369 g/mol. The van der Waals surface area contributed by atoms with Crippen molar-refractivity contribution < 1.29 is 9.90 Å². The van der Waals surface area contributed by atoms with Crippen LogP contribution in [0.3, 0.4) is 0 Å². The number of hydrogen-bond donors (Lipinski definition) is 2. The van der Waals surface area contributed by atoms with Gasteiger partial charge in [0.25, 0.3) is 0 Å². The smallest absolute Gasteiger partial charge is 0.320 e. The van der Waals surface area contributed by atoms with Crippen molar-refractivity contribution in [1.82, 2.24) is 10.3 Å². The van der Waals surface area contributed by atoms with E-state index < -0.39 is 12.0 Å². The van der Waals surface area contributed by atoms with E-state index in [0.717, 1.165) is 21.5 Å². The van der Waals surface area contributed by atoms with Gasteiger partial charge in [-0.3, -0.25) is 10.1 Å². The zero-order valence-corrected chi connectivity index (χ0v) is 14.0. The molecule has 0 saturated carbocycles. The fraction of sp³-hybridized carbons (Fsp3) is 0.333. The molecule has 2 rings (SSSR count). The number of hydrogen-bond acceptors (Lipinski definition) is 4. The minimum absolute atomic E-state index is 0.203. The highest BCUT2D eigenvalue weighted by Crippen LogP contribution is 2.26. The summed E-state index contributed by atoms with van der Waals surface area (Å²) in [7, 11) is 0. The molecule has 0 radical (unpaired) electrons. The van der Waals surface area contributed by atoms with Crippen molar-refractivity contribution in [3.8, 4) is 0 Å². The van der Waals surface area contributed by atoms with Crippen LogP contribution in [0.15, 0.2) is 40.3 Å². The van der Waals surface area contributed by atoms with Gasteiger partial charge >= 0.3 is 5.97 Å². The summed E-state index contributed by atoms with van der Waals surface area (Å²) >= 11 is 4.94. The van der Waals surface area contributed by atoms with Crippen LogP contribution in [0.4, 0.5) is 0 Å². The van der Waals surface area contributed by atoms with Crippen molar-refractivity contribution in [2.75, 3.05) is 0 Å². The molecule has 2 aromatic rings. The molecule has 1 aromatic carbocycles. The van der Waals surface area contributed by atoms with E-state index in [9.17, 15) is 9.90 Å². The Hall–Kier alpha value is -1.24. The van der Waals surface area contributed by atoms with E-state index in [2.05, 4.69) is 26.2 Å². The molecule has 0 fully saturated rings. The van der Waals surface area contributed by atoms with Gasteiger partial charge < -0.3 is 5.11 Å². The predicted octanol–water partition coefficient (Wildman–Crippen LogP) is 3.84. The summed E-state index contributed by atoms with van der Waals surface area (Å²) in [6, 6.07) is 7.08. The van der Waals surface area contributed by atoms with E-state index >= 15 is 0 Å². The Kier molecular flexibility index (Phi) is 5.90. The first-order valence-electron chi connectivity index (χ1n) is 6.75. The maximum absolute atomic E-state index is 11.4. The number of halogens is 1. The number of nitrogens with zero attached hydrogens (tertiary/aromatic N) is 1. The SMILES string of the molecule is CCCC(NC(c1ccc(Br)cc1)c1nccs1)C(=O)O. The molecule has 2 N–H and O–H groups in total. The number of aliphatic carboxylic acids is 1. The Morgan fingerprint density at radius 3 is 2.67 bits per heavy atom. The molecule has 4 nitrogen and oxygen atoms in total. The number of carboxylic acids is 1. The van der Waals surface area contributed by atoms with Gasteiger partial charge in [0.15, 0.2) is 0 Å². The number of aromatic nitrogens is 1. The van der Waals surface area contributed by atoms with Crippen LogP contribution in [0.5, 0.6) is 0 Å². The van der Waals surface area contributed by atoms with Gasteiger partial charge in [-0.15, -0.1) is 11.3 Å². The Labute approximate surface area is 136 Å². The summed E-state index contributed by atoms with van der Waals surface area (Å²) in [6.07, 6.45) is 3.14. The lowest BCUT2D eigenvalue weighted by Gasteiger charge is -2.22. The number of thiazole rings is 1. The fourth-order valence-electron chi connectivity index (χ4n) is 2.11. The third-order valence-corrected chi connectivity index (χ3v) is 4.51. The van der Waals surface area contributed by atoms with Crippen LogP contribution in [-0.4, -0.2) is 22.1 Å². The van der Waals surface area contributed by atoms with Crippen LogP contribution < -0.4 is 5.32 Å². The maximum atomic E-state index is 11.4. The summed E-state index contributed by atoms with van der Waals surface area (Å²) in [5, 5.41) is 15.4. The molecule has 1 heterocycles. The average Bonchev–Trinajstić information content (AvgIpc) is 2.98. The zero-order chi connectivity index (χ0) is 15.2. The first-order chi connectivity index (χ1) is 10.1. The number of rotatable bonds is 7. The monoisotopic (exact) mass is 368 g/mol. The lowest BCUT2D eigenvalue weighted by atomic mass is 10.0. The van der Waals surface area contributed by atoms with Crippen molar-refractivity contribution in [2.45, 2.75) is 31.8 Å². The molecule has 0 saturated heterocycles. The number of nitrogens with one attached hydrogen (secondary N) is 1. The van der Waals surface area contributed by atoms with Crippen LogP contribution in [0.1, 0.15) is 36.4 Å². The molecule has 6 heteroatoms. The molecule has 0 bridgehead atoms. The zero-order valence-electron chi connectivity index (χ0n) is 11.6. The summed E-state index contributed by atoms with van der Waals surface area (Å²) in [5.41, 5.74) is 1.01. The fourth-order valence-corrected chi connectivity index (χ4v) is 3.10. The molecule has 2 atom stereocenters. The van der Waals surface area contributed by atoms with Crippen LogP contribution in [-0.2, 0) is 4.79 Å². The molecule has 1 aromatic heterocycles. The van der Waals surface area contributed by atoms with Gasteiger partial charge in [-0.2, -0.15) is 0 Å². The van der Waals surface area contributed by atoms with Crippen LogP contribution in [0, 0.1) is 0 Å². The van der Waals surface area contributed by atoms with Gasteiger partial charge in [0.1, 0.15) is 11.0 Å². The van der Waals surface area contributed by atoms with Crippen LogP contribution in [0.2, 0.25) is 0 Å². The second-order valence-corrected chi connectivity index (χ2v) is 6.54. The summed E-state index contributed by atoms with van der Waals surface area (Å²) in [6.45, 7) is 1.98. The van der Waals surface area contributed by atoms with Gasteiger partial charge in [0.2, 0.25) is 0 Å². The van der Waals surface area contributed by atoms with E-state index in [-0.39, 0.29) is 6.04 Å². The molecular formula is C15H17BrN2O2S. The minimum atomic E-state index is -0.824. The van der Waals surface area contributed by atoms with Gasteiger partial charge in [0, 0.05) is 16.0 Å². The summed E-state index contributed by atoms with van der Waals surface area (Å²) < 4.78 is 0.993. The lowest BCUT2D eigenvalue weighted by molar-refractivity contribution is -0.139. The van der Waals surface area contributed by atoms with Crippen molar-refractivity contribution in [3.05, 3.63) is 50.9 Å². The van der Waals surface area contributed by atoms with E-state index in [1.807, 2.05) is 36.6 Å². The predicted molar refractivity (Wildman–Crippen MR) is 87.6 cm³/mol. The van der Waals surface area contributed by atoms with E-state index in [1.165, 1.54) is 11.3 Å². The standard InChI is InChI=1S/C15H17BrN2O2S/c1-2-3-12(15(19)20)18-13(14-17-8-9-21-14)10-4-6-11(16)7-5-10/h4-9,12-13,18H,2-3H2,1H3,(H,19,20). The van der Waals surface area contributed by atoms with Crippen molar-refractivity contribution in [1.29, 1.82) is 0 Å². The largest absolute Gasteiger partial charge is 0.480 e. The Morgan fingerprint density at radius 2 is 2.14 bits per heavy atom. The van der Waals surface area contributed by atoms with E-state index in [1.54, 1.807) is 6.20 Å². The third kappa shape index (κ3) is 4.36. The second-order valence-electron chi connectivity index (χ2n) is 4.70. The van der Waals surface area contributed by atoms with E-state index in [4.69, 9.17) is 0 Å². The molecule has 112 valence electrons. The molecule has 0 aliphatic rings. The van der Waals surface area contributed by atoms with Crippen LogP contribution in [0.25, 0.3) is 0 Å². The quantitative estimate of drug-likeness (QED) is 0.779. The highest BCUT2D eigenvalue weighted by molar-refractivity contribution is 9.10. The highest BCUT2D eigenvalue weighted by Gasteiger charge is 2.24. The normalized spacial score (nSPS) is 13.8. The molecule has 0 amide bonds. The molecular weight excluding hydrogens is 352 g/mol. The van der Waals surface area contributed by atoms with Crippen molar-refractivity contribution in [3.63, 3.8) is 0 Å². The molecule has 0 aliphatic heterocycles. The first-order valence-corrected chi connectivity index (χ1v) is 8.42. The summed E-state index contributed by atoms with van der Waals surface area (Å²) in [5.74, 6) is -0.824. The van der Waals surface area contributed by atoms with Crippen molar-refractivity contribution in [2.24, 2.45) is 0 Å². The second kappa shape index (κ2) is 7.68. The Bertz CT molecular complexity index is 572. The van der Waals surface area contributed by atoms with Crippen molar-refractivity contribution >= 4 is 33.2 Å². The molecule has 0 spiro atoms. The Morgan fingerprint density at radius 1 is 1.43 bits per heavy atom. The third-order valence-electron chi connectivity index (χ3n) is 3.15. The molecule has 21 heavy (non-hydrogen) atoms. The van der Waals surface area contributed by atoms with E-state index in [0.29, 0.717) is 6.42 Å². The topological polar surface area (TPSA) is 62.2 Å². The van der Waals surface area contributed by atoms with Gasteiger partial charge in [-0.05, 0) is 24.1 Å². The molecule has 2 unspecified atom stereocenters. The van der Waals surface area contributed by atoms with Gasteiger partial charge in [0.05, 0.1) is 6.04 Å². The number of benzene rings is 1. The Balaban J connectivity index is 2.28.